The van der Waals surface area contributed by atoms with Crippen molar-refractivity contribution in [2.45, 2.75) is 12.8 Å². The Morgan fingerprint density at radius 2 is 2.00 bits per heavy atom. The van der Waals surface area contributed by atoms with E-state index in [4.69, 9.17) is 10.6 Å². The van der Waals surface area contributed by atoms with Gasteiger partial charge in [-0.3, -0.25) is 4.79 Å². The molecule has 0 saturated carbocycles. The van der Waals surface area contributed by atoms with Crippen molar-refractivity contribution in [2.24, 2.45) is 0 Å². The zero-order valence-electron chi connectivity index (χ0n) is 16.8. The smallest absolute Gasteiger partial charge is 0.222 e. The molecule has 1 aromatic carbocycles. The maximum absolute atomic E-state index is 12.6. The van der Waals surface area contributed by atoms with E-state index >= 15 is 0 Å². The van der Waals surface area contributed by atoms with Gasteiger partial charge in [0.15, 0.2) is 0 Å². The highest BCUT2D eigenvalue weighted by Crippen LogP contribution is 2.31. The molecule has 0 bridgehead atoms. The van der Waals surface area contributed by atoms with Crippen LogP contribution in [0, 0.1) is 0 Å². The van der Waals surface area contributed by atoms with Crippen molar-refractivity contribution in [3.8, 4) is 0 Å². The maximum Gasteiger partial charge on any atom is 0.222 e. The maximum atomic E-state index is 12.6. The summed E-state index contributed by atoms with van der Waals surface area (Å²) in [6.07, 6.45) is 2.63. The Labute approximate surface area is 182 Å². The molecular weight excluding hydrogens is 416 g/mol. The Morgan fingerprint density at radius 3 is 2.87 bits per heavy atom. The van der Waals surface area contributed by atoms with Gasteiger partial charge in [-0.1, -0.05) is 28.3 Å². The van der Waals surface area contributed by atoms with Crippen molar-refractivity contribution >= 4 is 49.3 Å². The Morgan fingerprint density at radius 1 is 1.16 bits per heavy atom. The third-order valence-electron chi connectivity index (χ3n) is 5.33. The third kappa shape index (κ3) is 3.96. The molecule has 1 fully saturated rings. The van der Waals surface area contributed by atoms with Gasteiger partial charge in [-0.2, -0.15) is 0 Å². The Kier molecular flexibility index (Phi) is 5.24. The van der Waals surface area contributed by atoms with E-state index in [9.17, 15) is 4.79 Å². The SMILES string of the molecule is Nc1cc2c(N3CCN(C(=O)CCCOn4nnc5ccccc54)CC3)ncnc2s1. The number of hydrogen-bond acceptors (Lipinski definition) is 9. The number of carbonyl (C=O) groups is 1. The number of fused-ring (bicyclic) bond motifs is 2. The molecule has 1 aliphatic rings. The lowest BCUT2D eigenvalue weighted by molar-refractivity contribution is -0.131. The molecule has 0 atom stereocenters. The molecule has 1 aliphatic heterocycles. The summed E-state index contributed by atoms with van der Waals surface area (Å²) in [6, 6.07) is 9.52. The molecule has 2 N–H and O–H groups in total. The highest BCUT2D eigenvalue weighted by Gasteiger charge is 2.23. The molecular formula is C20H22N8O2S. The highest BCUT2D eigenvalue weighted by atomic mass is 32.1. The van der Waals surface area contributed by atoms with Crippen molar-refractivity contribution in [2.75, 3.05) is 43.4 Å². The minimum Gasteiger partial charge on any atom is -0.395 e. The summed E-state index contributed by atoms with van der Waals surface area (Å²) in [5, 5.41) is 9.74. The summed E-state index contributed by atoms with van der Waals surface area (Å²) in [5.74, 6) is 1.03. The molecule has 3 aromatic heterocycles. The molecule has 31 heavy (non-hydrogen) atoms. The van der Waals surface area contributed by atoms with Crippen LogP contribution in [0.25, 0.3) is 21.3 Å². The molecule has 0 unspecified atom stereocenters. The van der Waals surface area contributed by atoms with Crippen LogP contribution in [0.1, 0.15) is 12.8 Å². The van der Waals surface area contributed by atoms with E-state index < -0.39 is 0 Å². The van der Waals surface area contributed by atoms with Crippen LogP contribution in [-0.4, -0.2) is 68.7 Å². The number of piperazine rings is 1. The largest absolute Gasteiger partial charge is 0.395 e. The normalized spacial score (nSPS) is 14.5. The van der Waals surface area contributed by atoms with Crippen molar-refractivity contribution in [1.29, 1.82) is 0 Å². The van der Waals surface area contributed by atoms with Gasteiger partial charge in [0.2, 0.25) is 5.91 Å². The molecule has 1 amide bonds. The van der Waals surface area contributed by atoms with Crippen molar-refractivity contribution in [3.63, 3.8) is 0 Å². The first-order valence-corrected chi connectivity index (χ1v) is 11.0. The predicted molar refractivity (Wildman–Crippen MR) is 119 cm³/mol. The van der Waals surface area contributed by atoms with E-state index in [2.05, 4.69) is 25.2 Å². The minimum absolute atomic E-state index is 0.138. The van der Waals surface area contributed by atoms with Crippen LogP contribution >= 0.6 is 11.3 Å². The van der Waals surface area contributed by atoms with Crippen molar-refractivity contribution in [1.82, 2.24) is 30.0 Å². The fourth-order valence-corrected chi connectivity index (χ4v) is 4.52. The summed E-state index contributed by atoms with van der Waals surface area (Å²) in [4.78, 5) is 33.4. The van der Waals surface area contributed by atoms with Crippen LogP contribution in [0.3, 0.4) is 0 Å². The molecule has 0 spiro atoms. The first-order valence-electron chi connectivity index (χ1n) is 10.2. The molecule has 160 valence electrons. The van der Waals surface area contributed by atoms with Crippen LogP contribution in [-0.2, 0) is 4.79 Å². The molecule has 4 heterocycles. The number of nitrogens with two attached hydrogens (primary N) is 1. The highest BCUT2D eigenvalue weighted by molar-refractivity contribution is 7.22. The molecule has 4 aromatic rings. The predicted octanol–water partition coefficient (Wildman–Crippen LogP) is 1.58. The number of amides is 1. The lowest BCUT2D eigenvalue weighted by atomic mass is 10.2. The van der Waals surface area contributed by atoms with E-state index in [1.54, 1.807) is 6.33 Å². The topological polar surface area (TPSA) is 115 Å². The summed E-state index contributed by atoms with van der Waals surface area (Å²) >= 11 is 1.46. The van der Waals surface area contributed by atoms with Crippen LogP contribution < -0.4 is 15.5 Å². The zero-order chi connectivity index (χ0) is 21.2. The standard InChI is InChI=1S/C20H22N8O2S/c21-17-12-14-19(22-13-23-20(14)31-17)27-9-7-26(8-10-27)18(29)6-3-11-30-28-16-5-2-1-4-15(16)24-25-28/h1-2,4-5,12-13H,3,6-11,21H2. The number of nitrogen functional groups attached to an aromatic ring is 1. The summed E-state index contributed by atoms with van der Waals surface area (Å²) in [7, 11) is 0. The monoisotopic (exact) mass is 438 g/mol. The van der Waals surface area contributed by atoms with Crippen LogP contribution in [0.5, 0.6) is 0 Å². The van der Waals surface area contributed by atoms with Gasteiger partial charge in [0.05, 0.1) is 10.4 Å². The van der Waals surface area contributed by atoms with Crippen LogP contribution in [0.4, 0.5) is 10.8 Å². The van der Waals surface area contributed by atoms with E-state index in [0.717, 1.165) is 45.2 Å². The van der Waals surface area contributed by atoms with E-state index in [1.165, 1.54) is 16.2 Å². The van der Waals surface area contributed by atoms with Crippen molar-refractivity contribution in [3.05, 3.63) is 36.7 Å². The molecule has 10 nitrogen and oxygen atoms in total. The van der Waals surface area contributed by atoms with Gasteiger partial charge in [-0.05, 0) is 29.8 Å². The number of anilines is 2. The Balaban J connectivity index is 1.11. The second-order valence-corrected chi connectivity index (χ2v) is 8.38. The average molecular weight is 439 g/mol. The minimum atomic E-state index is 0.138. The first-order chi connectivity index (χ1) is 15.2. The second-order valence-electron chi connectivity index (χ2n) is 7.32. The Hall–Kier alpha value is -3.47. The molecule has 1 saturated heterocycles. The van der Waals surface area contributed by atoms with Gasteiger partial charge in [0.1, 0.15) is 34.6 Å². The van der Waals surface area contributed by atoms with Gasteiger partial charge in [0.25, 0.3) is 0 Å². The summed E-state index contributed by atoms with van der Waals surface area (Å²) in [5.41, 5.74) is 7.52. The molecule has 0 radical (unpaired) electrons. The lowest BCUT2D eigenvalue weighted by Gasteiger charge is -2.35. The summed E-state index contributed by atoms with van der Waals surface area (Å²) < 4.78 is 0. The van der Waals surface area contributed by atoms with Gasteiger partial charge >= 0.3 is 0 Å². The van der Waals surface area contributed by atoms with Gasteiger partial charge in [0, 0.05) is 32.6 Å². The molecule has 5 rings (SSSR count). The average Bonchev–Trinajstić information content (AvgIpc) is 3.39. The molecule has 0 aliphatic carbocycles. The number of hydrogen-bond donors (Lipinski definition) is 1. The van der Waals surface area contributed by atoms with E-state index in [1.807, 2.05) is 35.2 Å². The second kappa shape index (κ2) is 8.34. The van der Waals surface area contributed by atoms with Gasteiger partial charge in [-0.15, -0.1) is 5.10 Å². The summed E-state index contributed by atoms with van der Waals surface area (Å²) in [6.45, 7) is 3.19. The zero-order valence-corrected chi connectivity index (χ0v) is 17.7. The number of nitrogens with zero attached hydrogens (tertiary/aromatic N) is 7. The Bertz CT molecular complexity index is 1210. The number of benzene rings is 1. The number of aromatic nitrogens is 5. The quantitative estimate of drug-likeness (QED) is 0.451. The fourth-order valence-electron chi connectivity index (χ4n) is 3.76. The van der Waals surface area contributed by atoms with Crippen LogP contribution in [0.15, 0.2) is 36.7 Å². The molecule has 11 heteroatoms. The lowest BCUT2D eigenvalue weighted by Crippen LogP contribution is -2.49. The van der Waals surface area contributed by atoms with Gasteiger partial charge < -0.3 is 20.4 Å². The van der Waals surface area contributed by atoms with Crippen LogP contribution in [0.2, 0.25) is 0 Å². The number of para-hydroxylation sites is 1. The fraction of sp³-hybridized carbons (Fsp3) is 0.350. The van der Waals surface area contributed by atoms with E-state index in [-0.39, 0.29) is 5.91 Å². The number of rotatable bonds is 6. The van der Waals surface area contributed by atoms with Crippen molar-refractivity contribution < 1.29 is 9.63 Å². The number of thiophene rings is 1. The van der Waals surface area contributed by atoms with Gasteiger partial charge in [-0.25, -0.2) is 9.97 Å². The number of carbonyl (C=O) groups excluding carboxylic acids is 1. The first kappa shape index (κ1) is 19.5. The third-order valence-corrected chi connectivity index (χ3v) is 6.20. The van der Waals surface area contributed by atoms with E-state index in [0.29, 0.717) is 32.5 Å².